The molecule has 0 unspecified atom stereocenters. The second-order valence-electron chi connectivity index (χ2n) is 9.84. The molecule has 1 aliphatic heterocycles. The highest BCUT2D eigenvalue weighted by molar-refractivity contribution is 5.95. The van der Waals surface area contributed by atoms with E-state index < -0.39 is 11.7 Å². The highest BCUT2D eigenvalue weighted by Gasteiger charge is 2.37. The van der Waals surface area contributed by atoms with Gasteiger partial charge < -0.3 is 20.8 Å². The first-order chi connectivity index (χ1) is 16.5. The molecule has 3 aliphatic rings. The number of benzene rings is 2. The molecule has 34 heavy (non-hydrogen) atoms. The van der Waals surface area contributed by atoms with Crippen molar-refractivity contribution < 1.29 is 18.3 Å². The molecule has 0 radical (unpaired) electrons. The number of aromatic nitrogens is 1. The third-order valence-corrected chi connectivity index (χ3v) is 7.87. The molecule has 176 valence electrons. The van der Waals surface area contributed by atoms with Gasteiger partial charge in [0.05, 0.1) is 5.70 Å². The normalized spacial score (nSPS) is 20.5. The maximum atomic E-state index is 14.3. The van der Waals surface area contributed by atoms with Crippen molar-refractivity contribution in [2.45, 2.75) is 51.0 Å². The molecule has 3 aromatic rings. The molecular weight excluding hydrogens is 436 g/mol. The molecule has 0 spiro atoms. The van der Waals surface area contributed by atoms with E-state index in [9.17, 15) is 13.6 Å². The van der Waals surface area contributed by atoms with Gasteiger partial charge in [0.25, 0.3) is 0 Å². The number of ether oxygens (including phenoxy) is 1. The number of carbonyl (C=O) groups excluding carboxylic acids is 1. The number of fused-ring (bicyclic) bond motifs is 4. The molecule has 2 heterocycles. The number of nitrogens with one attached hydrogen (secondary N) is 2. The minimum atomic E-state index is -0.594. The summed E-state index contributed by atoms with van der Waals surface area (Å²) in [7, 11) is 0. The second-order valence-corrected chi connectivity index (χ2v) is 9.84. The summed E-state index contributed by atoms with van der Waals surface area (Å²) >= 11 is 0. The predicted molar refractivity (Wildman–Crippen MR) is 125 cm³/mol. The van der Waals surface area contributed by atoms with E-state index in [4.69, 9.17) is 10.5 Å². The Hall–Kier alpha value is -3.35. The zero-order valence-electron chi connectivity index (χ0n) is 18.8. The number of hydrogen-bond donors (Lipinski definition) is 3. The van der Waals surface area contributed by atoms with Crippen LogP contribution in [-0.4, -0.2) is 16.9 Å². The zero-order chi connectivity index (χ0) is 23.4. The summed E-state index contributed by atoms with van der Waals surface area (Å²) in [5.74, 6) is -0.319. The van der Waals surface area contributed by atoms with Gasteiger partial charge in [-0.1, -0.05) is 6.42 Å². The van der Waals surface area contributed by atoms with E-state index in [2.05, 4.69) is 10.3 Å². The van der Waals surface area contributed by atoms with Crippen LogP contribution in [0, 0.1) is 23.5 Å². The van der Waals surface area contributed by atoms with Gasteiger partial charge >= 0.3 is 0 Å². The van der Waals surface area contributed by atoms with Gasteiger partial charge in [0.1, 0.15) is 12.1 Å². The van der Waals surface area contributed by atoms with Crippen LogP contribution in [0.25, 0.3) is 10.9 Å². The lowest BCUT2D eigenvalue weighted by Gasteiger charge is -2.42. The molecule has 6 rings (SSSR count). The van der Waals surface area contributed by atoms with Gasteiger partial charge in [-0.25, -0.2) is 8.78 Å². The van der Waals surface area contributed by atoms with Crippen molar-refractivity contribution in [3.05, 3.63) is 76.3 Å². The molecule has 2 atom stereocenters. The van der Waals surface area contributed by atoms with Gasteiger partial charge in [-0.15, -0.1) is 0 Å². The number of H-pyrrole nitrogens is 1. The zero-order valence-corrected chi connectivity index (χ0v) is 18.8. The monoisotopic (exact) mass is 463 g/mol. The van der Waals surface area contributed by atoms with Gasteiger partial charge in [0.2, 0.25) is 5.91 Å². The van der Waals surface area contributed by atoms with Crippen LogP contribution in [0.5, 0.6) is 5.75 Å². The van der Waals surface area contributed by atoms with Crippen molar-refractivity contribution in [1.82, 2.24) is 10.3 Å². The summed E-state index contributed by atoms with van der Waals surface area (Å²) < 4.78 is 33.9. The van der Waals surface area contributed by atoms with E-state index in [-0.39, 0.29) is 23.2 Å². The van der Waals surface area contributed by atoms with E-state index in [0.29, 0.717) is 23.8 Å². The summed E-state index contributed by atoms with van der Waals surface area (Å²) in [6.45, 7) is 0. The first-order valence-corrected chi connectivity index (χ1v) is 12.0. The van der Waals surface area contributed by atoms with Crippen molar-refractivity contribution in [2.75, 3.05) is 0 Å². The Morgan fingerprint density at radius 1 is 1.12 bits per heavy atom. The lowest BCUT2D eigenvalue weighted by Crippen LogP contribution is -2.47. The number of aryl methyl sites for hydroxylation is 1. The van der Waals surface area contributed by atoms with E-state index in [1.807, 2.05) is 6.07 Å². The molecule has 2 aromatic carbocycles. The van der Waals surface area contributed by atoms with Crippen LogP contribution in [0.4, 0.5) is 8.78 Å². The summed E-state index contributed by atoms with van der Waals surface area (Å²) in [5.41, 5.74) is 10.5. The predicted octanol–water partition coefficient (Wildman–Crippen LogP) is 4.88. The van der Waals surface area contributed by atoms with Crippen molar-refractivity contribution in [3.63, 3.8) is 0 Å². The minimum Gasteiger partial charge on any atom is -0.460 e. The van der Waals surface area contributed by atoms with Crippen molar-refractivity contribution in [2.24, 2.45) is 17.6 Å². The lowest BCUT2D eigenvalue weighted by molar-refractivity contribution is 0.0998. The Balaban J connectivity index is 1.28. The van der Waals surface area contributed by atoms with Crippen LogP contribution in [-0.2, 0) is 19.3 Å². The molecule has 0 saturated heterocycles. The highest BCUT2D eigenvalue weighted by atomic mass is 19.1. The van der Waals surface area contributed by atoms with E-state index in [1.54, 1.807) is 12.3 Å². The number of nitrogens with two attached hydrogens (primary N) is 1. The van der Waals surface area contributed by atoms with Gasteiger partial charge in [-0.3, -0.25) is 4.79 Å². The molecule has 1 amide bonds. The van der Waals surface area contributed by atoms with Crippen LogP contribution in [0.1, 0.15) is 52.9 Å². The molecule has 1 aromatic heterocycles. The molecule has 2 aliphatic carbocycles. The third-order valence-electron chi connectivity index (χ3n) is 7.87. The third kappa shape index (κ3) is 3.54. The average molecular weight is 464 g/mol. The van der Waals surface area contributed by atoms with Crippen LogP contribution < -0.4 is 15.8 Å². The number of rotatable bonds is 5. The second kappa shape index (κ2) is 8.15. The van der Waals surface area contributed by atoms with E-state index >= 15 is 0 Å². The first-order valence-electron chi connectivity index (χ1n) is 12.0. The minimum absolute atomic E-state index is 0.0742. The van der Waals surface area contributed by atoms with Crippen LogP contribution in [0.3, 0.4) is 0 Å². The number of aromatic amines is 1. The standard InChI is InChI=1S/C27H27F2N3O2/c28-16-5-9-24-20(11-16)19-10-15(4-8-23(19)32-24)25(14-2-1-3-14)31-17-12-21-18(27(30)33)6-7-22(29)26(21)34-13-17/h5-7,9,11,13-15,25,31-32H,1-4,8,10,12H2,(H2,30,33)/t15-,25-/m0/s1. The lowest BCUT2D eigenvalue weighted by atomic mass is 9.70. The van der Waals surface area contributed by atoms with Crippen molar-refractivity contribution >= 4 is 16.8 Å². The summed E-state index contributed by atoms with van der Waals surface area (Å²) in [4.78, 5) is 15.4. The fourth-order valence-electron chi connectivity index (χ4n) is 5.94. The largest absolute Gasteiger partial charge is 0.460 e. The molecule has 5 nitrogen and oxygen atoms in total. The Morgan fingerprint density at radius 3 is 2.74 bits per heavy atom. The van der Waals surface area contributed by atoms with Gasteiger partial charge in [0, 0.05) is 40.2 Å². The molecule has 7 heteroatoms. The number of allylic oxidation sites excluding steroid dienone is 1. The van der Waals surface area contributed by atoms with Crippen LogP contribution in [0.2, 0.25) is 0 Å². The van der Waals surface area contributed by atoms with Gasteiger partial charge in [-0.2, -0.15) is 0 Å². The maximum absolute atomic E-state index is 14.3. The smallest absolute Gasteiger partial charge is 0.249 e. The Kier molecular flexibility index (Phi) is 5.08. The highest BCUT2D eigenvalue weighted by Crippen LogP contribution is 2.41. The topological polar surface area (TPSA) is 80.1 Å². The van der Waals surface area contributed by atoms with Gasteiger partial charge in [0.15, 0.2) is 11.6 Å². The number of halogens is 2. The fourth-order valence-corrected chi connectivity index (χ4v) is 5.94. The van der Waals surface area contributed by atoms with E-state index in [1.165, 1.54) is 35.9 Å². The number of amides is 1. The van der Waals surface area contributed by atoms with Gasteiger partial charge in [-0.05, 0) is 79.8 Å². The molecule has 1 saturated carbocycles. The number of hydrogen-bond acceptors (Lipinski definition) is 3. The molecule has 1 fully saturated rings. The quantitative estimate of drug-likeness (QED) is 0.504. The van der Waals surface area contributed by atoms with Crippen molar-refractivity contribution in [3.8, 4) is 5.75 Å². The summed E-state index contributed by atoms with van der Waals surface area (Å²) in [6.07, 6.45) is 8.30. The van der Waals surface area contributed by atoms with Crippen LogP contribution >= 0.6 is 0 Å². The number of carbonyl (C=O) groups is 1. The van der Waals surface area contributed by atoms with Crippen molar-refractivity contribution in [1.29, 1.82) is 0 Å². The average Bonchev–Trinajstić information content (AvgIpc) is 3.14. The fraction of sp³-hybridized carbons (Fsp3) is 0.370. The Morgan fingerprint density at radius 2 is 1.97 bits per heavy atom. The summed E-state index contributed by atoms with van der Waals surface area (Å²) in [5, 5.41) is 4.69. The maximum Gasteiger partial charge on any atom is 0.249 e. The Labute approximate surface area is 196 Å². The van der Waals surface area contributed by atoms with Crippen LogP contribution in [0.15, 0.2) is 42.3 Å². The van der Waals surface area contributed by atoms with E-state index in [0.717, 1.165) is 48.7 Å². The Bertz CT molecular complexity index is 1330. The molecular formula is C27H27F2N3O2. The summed E-state index contributed by atoms with van der Waals surface area (Å²) in [6, 6.07) is 7.81. The SMILES string of the molecule is NC(=O)c1ccc(F)c2c1CC(N[C@@H](C1CCC1)[C@H]1CCc3[nH]c4ccc(F)cc4c3C1)=CO2. The first kappa shape index (κ1) is 21.2. The molecule has 0 bridgehead atoms. The molecule has 4 N–H and O–H groups in total. The number of primary amides is 1.